The molecule has 0 radical (unpaired) electrons. The van der Waals surface area contributed by atoms with Crippen molar-refractivity contribution in [1.29, 1.82) is 0 Å². The van der Waals surface area contributed by atoms with Crippen LogP contribution < -0.4 is 4.90 Å². The van der Waals surface area contributed by atoms with E-state index in [-0.39, 0.29) is 10.9 Å². The molecule has 2 saturated heterocycles. The van der Waals surface area contributed by atoms with Gasteiger partial charge < -0.3 is 9.80 Å². The Morgan fingerprint density at radius 2 is 1.75 bits per heavy atom. The van der Waals surface area contributed by atoms with Gasteiger partial charge >= 0.3 is 0 Å². The molecule has 0 spiro atoms. The van der Waals surface area contributed by atoms with Gasteiger partial charge in [-0.3, -0.25) is 9.69 Å². The van der Waals surface area contributed by atoms with Crippen LogP contribution in [0.2, 0.25) is 10.0 Å². The quantitative estimate of drug-likeness (QED) is 0.572. The van der Waals surface area contributed by atoms with E-state index in [0.717, 1.165) is 38.4 Å². The monoisotopic (exact) mass is 473 g/mol. The fraction of sp³-hybridized carbons (Fsp3) is 0.348. The number of aromatic nitrogens is 2. The summed E-state index contributed by atoms with van der Waals surface area (Å²) in [5.74, 6) is 0.319. The zero-order chi connectivity index (χ0) is 22.2. The number of anilines is 1. The Balaban J connectivity index is 1.23. The molecule has 9 heteroatoms. The number of fused-ring (bicyclic) bond motifs is 1. The number of halogens is 3. The number of rotatable bonds is 3. The largest absolute Gasteiger partial charge is 0.354 e. The van der Waals surface area contributed by atoms with Gasteiger partial charge in [-0.25, -0.2) is 14.4 Å². The predicted octanol–water partition coefficient (Wildman–Crippen LogP) is 4.11. The number of hydrogen-bond donors (Lipinski definition) is 0. The molecule has 0 bridgehead atoms. The lowest BCUT2D eigenvalue weighted by molar-refractivity contribution is 0.0585. The lowest BCUT2D eigenvalue weighted by Gasteiger charge is -2.38. The third kappa shape index (κ3) is 4.12. The van der Waals surface area contributed by atoms with Gasteiger partial charge in [0, 0.05) is 61.3 Å². The summed E-state index contributed by atoms with van der Waals surface area (Å²) < 4.78 is 14.1. The van der Waals surface area contributed by atoms with E-state index < -0.39 is 5.82 Å². The Labute approximate surface area is 195 Å². The molecule has 1 atom stereocenters. The maximum absolute atomic E-state index is 14.1. The van der Waals surface area contributed by atoms with Crippen LogP contribution >= 0.6 is 23.2 Å². The molecule has 32 heavy (non-hydrogen) atoms. The van der Waals surface area contributed by atoms with E-state index in [2.05, 4.69) is 19.8 Å². The van der Waals surface area contributed by atoms with Crippen LogP contribution in [-0.4, -0.2) is 71.0 Å². The van der Waals surface area contributed by atoms with Gasteiger partial charge in [0.25, 0.3) is 5.91 Å². The second-order valence-electron chi connectivity index (χ2n) is 8.20. The fourth-order valence-electron chi connectivity index (χ4n) is 4.59. The van der Waals surface area contributed by atoms with Gasteiger partial charge in [-0.1, -0.05) is 23.2 Å². The fourth-order valence-corrected chi connectivity index (χ4v) is 4.87. The predicted molar refractivity (Wildman–Crippen MR) is 124 cm³/mol. The van der Waals surface area contributed by atoms with Crippen LogP contribution in [0, 0.1) is 5.82 Å². The summed E-state index contributed by atoms with van der Waals surface area (Å²) in [6, 6.07) is 10.4. The molecular formula is C23H22Cl2FN5O. The standard InChI is InChI=1S/C23H22Cl2FN5O/c24-16-3-1-15(2-4-16)23(32)30-9-7-29(8-10-30)17-5-6-31(13-17)22-18-11-20(26)19(25)12-21(18)27-14-28-22/h1-4,11-12,14,17H,5-10,13H2/t17-/m0/s1. The average molecular weight is 474 g/mol. The summed E-state index contributed by atoms with van der Waals surface area (Å²) >= 11 is 11.8. The van der Waals surface area contributed by atoms with E-state index >= 15 is 0 Å². The highest BCUT2D eigenvalue weighted by Gasteiger charge is 2.32. The normalized spacial score (nSPS) is 19.7. The van der Waals surface area contributed by atoms with Gasteiger partial charge in [0.05, 0.1) is 10.5 Å². The third-order valence-electron chi connectivity index (χ3n) is 6.33. The molecule has 2 aliphatic rings. The SMILES string of the molecule is O=C(c1ccc(Cl)cc1)N1CCN([C@H]2CCN(c3ncnc4cc(Cl)c(F)cc34)C2)CC1. The van der Waals surface area contributed by atoms with Gasteiger partial charge in [-0.15, -0.1) is 0 Å². The molecule has 6 nitrogen and oxygen atoms in total. The van der Waals surface area contributed by atoms with Crippen molar-refractivity contribution in [3.8, 4) is 0 Å². The van der Waals surface area contributed by atoms with Crippen LogP contribution in [0.1, 0.15) is 16.8 Å². The summed E-state index contributed by atoms with van der Waals surface area (Å²) in [5.41, 5.74) is 1.30. The van der Waals surface area contributed by atoms with Crippen LogP contribution in [0.15, 0.2) is 42.7 Å². The van der Waals surface area contributed by atoms with E-state index in [1.807, 2.05) is 4.90 Å². The van der Waals surface area contributed by atoms with Gasteiger partial charge in [-0.2, -0.15) is 0 Å². The first-order valence-corrected chi connectivity index (χ1v) is 11.4. The Kier molecular flexibility index (Phi) is 5.88. The molecule has 0 unspecified atom stereocenters. The van der Waals surface area contributed by atoms with Crippen molar-refractivity contribution in [2.75, 3.05) is 44.2 Å². The molecule has 2 fully saturated rings. The maximum atomic E-state index is 14.1. The van der Waals surface area contributed by atoms with Gasteiger partial charge in [-0.05, 0) is 42.8 Å². The molecule has 1 amide bonds. The molecule has 2 aromatic carbocycles. The van der Waals surface area contributed by atoms with Crippen LogP contribution in [0.4, 0.5) is 10.2 Å². The first-order valence-electron chi connectivity index (χ1n) is 10.6. The average Bonchev–Trinajstić information content (AvgIpc) is 3.30. The van der Waals surface area contributed by atoms with Crippen molar-refractivity contribution in [2.45, 2.75) is 12.5 Å². The molecule has 5 rings (SSSR count). The van der Waals surface area contributed by atoms with Crippen molar-refractivity contribution >= 4 is 45.8 Å². The zero-order valence-electron chi connectivity index (χ0n) is 17.3. The summed E-state index contributed by atoms with van der Waals surface area (Å²) in [7, 11) is 0. The highest BCUT2D eigenvalue weighted by atomic mass is 35.5. The number of benzene rings is 2. The van der Waals surface area contributed by atoms with Crippen molar-refractivity contribution in [3.05, 3.63) is 64.2 Å². The third-order valence-corrected chi connectivity index (χ3v) is 6.87. The summed E-state index contributed by atoms with van der Waals surface area (Å²) in [6.45, 7) is 4.68. The molecular weight excluding hydrogens is 452 g/mol. The molecule has 166 valence electrons. The first-order chi connectivity index (χ1) is 15.5. The molecule has 0 aliphatic carbocycles. The maximum Gasteiger partial charge on any atom is 0.253 e. The van der Waals surface area contributed by atoms with Crippen LogP contribution in [0.3, 0.4) is 0 Å². The number of carbonyl (C=O) groups is 1. The summed E-state index contributed by atoms with van der Waals surface area (Å²) in [5, 5.41) is 1.36. The van der Waals surface area contributed by atoms with Gasteiger partial charge in [0.1, 0.15) is 18.0 Å². The first kappa shape index (κ1) is 21.4. The molecule has 3 heterocycles. The molecule has 0 N–H and O–H groups in total. The van der Waals surface area contributed by atoms with Gasteiger partial charge in [0.15, 0.2) is 0 Å². The van der Waals surface area contributed by atoms with E-state index in [4.69, 9.17) is 23.2 Å². The number of carbonyl (C=O) groups excluding carboxylic acids is 1. The number of hydrogen-bond acceptors (Lipinski definition) is 5. The number of nitrogens with zero attached hydrogens (tertiary/aromatic N) is 5. The van der Waals surface area contributed by atoms with E-state index in [0.29, 0.717) is 40.6 Å². The summed E-state index contributed by atoms with van der Waals surface area (Å²) in [4.78, 5) is 28.0. The minimum absolute atomic E-state index is 0.0440. The van der Waals surface area contributed by atoms with Crippen LogP contribution in [0.25, 0.3) is 10.9 Å². The number of amides is 1. The zero-order valence-corrected chi connectivity index (χ0v) is 18.9. The van der Waals surface area contributed by atoms with E-state index in [1.54, 1.807) is 30.3 Å². The highest BCUT2D eigenvalue weighted by Crippen LogP contribution is 2.30. The lowest BCUT2D eigenvalue weighted by atomic mass is 10.1. The van der Waals surface area contributed by atoms with Crippen molar-refractivity contribution < 1.29 is 9.18 Å². The molecule has 2 aliphatic heterocycles. The van der Waals surface area contributed by atoms with E-state index in [9.17, 15) is 9.18 Å². The topological polar surface area (TPSA) is 52.6 Å². The van der Waals surface area contributed by atoms with Crippen LogP contribution in [-0.2, 0) is 0 Å². The Hall–Kier alpha value is -2.48. The van der Waals surface area contributed by atoms with Crippen LogP contribution in [0.5, 0.6) is 0 Å². The smallest absolute Gasteiger partial charge is 0.253 e. The van der Waals surface area contributed by atoms with Gasteiger partial charge in [0.2, 0.25) is 0 Å². The molecule has 1 aromatic heterocycles. The Morgan fingerprint density at radius 1 is 1.00 bits per heavy atom. The Bertz CT molecular complexity index is 1150. The minimum Gasteiger partial charge on any atom is -0.354 e. The number of piperazine rings is 1. The lowest BCUT2D eigenvalue weighted by Crippen LogP contribution is -2.52. The second kappa shape index (κ2) is 8.81. The molecule has 0 saturated carbocycles. The Morgan fingerprint density at radius 3 is 2.50 bits per heavy atom. The van der Waals surface area contributed by atoms with Crippen molar-refractivity contribution in [2.24, 2.45) is 0 Å². The van der Waals surface area contributed by atoms with Crippen molar-refractivity contribution in [3.63, 3.8) is 0 Å². The summed E-state index contributed by atoms with van der Waals surface area (Å²) in [6.07, 6.45) is 2.49. The highest BCUT2D eigenvalue weighted by molar-refractivity contribution is 6.31. The second-order valence-corrected chi connectivity index (χ2v) is 9.05. The van der Waals surface area contributed by atoms with E-state index in [1.165, 1.54) is 12.4 Å². The molecule has 3 aromatic rings. The minimum atomic E-state index is -0.465. The van der Waals surface area contributed by atoms with Crippen molar-refractivity contribution in [1.82, 2.24) is 19.8 Å².